The molecule has 1 fully saturated rings. The van der Waals surface area contributed by atoms with Gasteiger partial charge in [0.2, 0.25) is 5.91 Å². The number of aryl methyl sites for hydroxylation is 3. The van der Waals surface area contributed by atoms with E-state index < -0.39 is 0 Å². The predicted octanol–water partition coefficient (Wildman–Crippen LogP) is 4.22. The van der Waals surface area contributed by atoms with Crippen molar-refractivity contribution in [3.05, 3.63) is 88.1 Å². The minimum atomic E-state index is -0.228. The Bertz CT molecular complexity index is 1350. The Morgan fingerprint density at radius 2 is 1.77 bits per heavy atom. The summed E-state index contributed by atoms with van der Waals surface area (Å²) < 4.78 is 1.66. The summed E-state index contributed by atoms with van der Waals surface area (Å²) in [5.74, 6) is 1.31. The van der Waals surface area contributed by atoms with Crippen LogP contribution in [0.3, 0.4) is 0 Å². The van der Waals surface area contributed by atoms with E-state index in [1.165, 1.54) is 23.7 Å². The van der Waals surface area contributed by atoms with Crippen molar-refractivity contribution in [2.45, 2.75) is 45.4 Å². The lowest BCUT2D eigenvalue weighted by atomic mass is 9.90. The number of para-hydroxylation sites is 1. The van der Waals surface area contributed by atoms with E-state index in [2.05, 4.69) is 46.3 Å². The molecule has 1 aliphatic rings. The Balaban J connectivity index is 1.16. The van der Waals surface area contributed by atoms with Gasteiger partial charge in [-0.3, -0.25) is 9.59 Å². The zero-order chi connectivity index (χ0) is 24.2. The summed E-state index contributed by atoms with van der Waals surface area (Å²) in [5, 5.41) is 4.78. The lowest BCUT2D eigenvalue weighted by Crippen LogP contribution is -2.38. The predicted molar refractivity (Wildman–Crippen MR) is 137 cm³/mol. The third-order valence-electron chi connectivity index (χ3n) is 6.99. The average molecular weight is 470 g/mol. The van der Waals surface area contributed by atoms with Crippen molar-refractivity contribution < 1.29 is 4.79 Å². The van der Waals surface area contributed by atoms with Gasteiger partial charge in [-0.1, -0.05) is 48.0 Å². The van der Waals surface area contributed by atoms with Crippen molar-refractivity contribution in [2.24, 2.45) is 5.92 Å². The van der Waals surface area contributed by atoms with Gasteiger partial charge in [-0.15, -0.1) is 0 Å². The van der Waals surface area contributed by atoms with Crippen LogP contribution in [-0.4, -0.2) is 43.6 Å². The van der Waals surface area contributed by atoms with Crippen molar-refractivity contribution in [2.75, 3.05) is 13.1 Å². The minimum Gasteiger partial charge on any atom is -0.343 e. The smallest absolute Gasteiger partial charge is 0.262 e. The van der Waals surface area contributed by atoms with E-state index in [4.69, 9.17) is 0 Å². The Morgan fingerprint density at radius 3 is 2.51 bits per heavy atom. The molecule has 3 heterocycles. The van der Waals surface area contributed by atoms with E-state index in [0.717, 1.165) is 38.0 Å². The molecule has 1 N–H and O–H groups in total. The van der Waals surface area contributed by atoms with Crippen LogP contribution in [-0.2, 0) is 17.6 Å². The van der Waals surface area contributed by atoms with E-state index in [1.807, 2.05) is 35.2 Å². The summed E-state index contributed by atoms with van der Waals surface area (Å²) in [6.07, 6.45) is 6.64. The second-order valence-corrected chi connectivity index (χ2v) is 9.49. The maximum atomic E-state index is 12.9. The van der Waals surface area contributed by atoms with Gasteiger partial charge in [0.1, 0.15) is 11.2 Å². The number of nitrogens with one attached hydrogen (secondary N) is 1. The van der Waals surface area contributed by atoms with Crippen molar-refractivity contribution in [1.82, 2.24) is 24.6 Å². The zero-order valence-corrected chi connectivity index (χ0v) is 20.1. The second kappa shape index (κ2) is 10.3. The number of aromatic nitrogens is 4. The van der Waals surface area contributed by atoms with Gasteiger partial charge in [0, 0.05) is 25.9 Å². The van der Waals surface area contributed by atoms with E-state index in [-0.39, 0.29) is 11.5 Å². The molecule has 180 valence electrons. The molecule has 35 heavy (non-hydrogen) atoms. The fraction of sp³-hybridized carbons (Fsp3) is 0.357. The number of carbonyl (C=O) groups excluding carboxylic acids is 1. The van der Waals surface area contributed by atoms with E-state index in [1.54, 1.807) is 4.68 Å². The maximum Gasteiger partial charge on any atom is 0.262 e. The third-order valence-corrected chi connectivity index (χ3v) is 6.99. The molecular formula is C28H31N5O2. The monoisotopic (exact) mass is 469 g/mol. The van der Waals surface area contributed by atoms with Gasteiger partial charge in [0.05, 0.1) is 11.9 Å². The number of fused-ring (bicyclic) bond motifs is 1. The second-order valence-electron chi connectivity index (χ2n) is 9.49. The zero-order valence-electron chi connectivity index (χ0n) is 20.1. The number of likely N-dealkylation sites (tertiary alicyclic amines) is 1. The summed E-state index contributed by atoms with van der Waals surface area (Å²) in [4.78, 5) is 34.9. The number of hydrogen-bond donors (Lipinski definition) is 1. The molecule has 7 nitrogen and oxygen atoms in total. The molecule has 4 aromatic rings. The number of piperidine rings is 1. The lowest BCUT2D eigenvalue weighted by Gasteiger charge is -2.32. The van der Waals surface area contributed by atoms with E-state index in [9.17, 15) is 9.59 Å². The average Bonchev–Trinajstić information content (AvgIpc) is 3.32. The number of amides is 1. The van der Waals surface area contributed by atoms with Crippen LogP contribution in [0, 0.1) is 12.8 Å². The van der Waals surface area contributed by atoms with Gasteiger partial charge in [0.25, 0.3) is 5.56 Å². The van der Waals surface area contributed by atoms with Crippen LogP contribution >= 0.6 is 0 Å². The van der Waals surface area contributed by atoms with Gasteiger partial charge in [-0.25, -0.2) is 9.67 Å². The highest BCUT2D eigenvalue weighted by molar-refractivity contribution is 5.77. The number of H-pyrrole nitrogens is 1. The third kappa shape index (κ3) is 5.34. The molecule has 2 aromatic heterocycles. The fourth-order valence-corrected chi connectivity index (χ4v) is 4.82. The van der Waals surface area contributed by atoms with Crippen molar-refractivity contribution in [3.8, 4) is 5.69 Å². The molecule has 1 saturated heterocycles. The van der Waals surface area contributed by atoms with Crippen LogP contribution in [0.15, 0.2) is 65.6 Å². The first kappa shape index (κ1) is 23.0. The molecular weight excluding hydrogens is 438 g/mol. The highest BCUT2D eigenvalue weighted by Gasteiger charge is 2.23. The van der Waals surface area contributed by atoms with Gasteiger partial charge >= 0.3 is 0 Å². The Hall–Kier alpha value is -3.74. The van der Waals surface area contributed by atoms with Gasteiger partial charge in [-0.2, -0.15) is 5.10 Å². The SMILES string of the molecule is Cc1ccc(CCC2CCN(C(=O)CCc3nc4c(cnn4-c4ccccc4)c(=O)[nH]3)CC2)cc1. The highest BCUT2D eigenvalue weighted by atomic mass is 16.2. The molecule has 0 unspecified atom stereocenters. The van der Waals surface area contributed by atoms with Crippen LogP contribution in [0.4, 0.5) is 0 Å². The van der Waals surface area contributed by atoms with Crippen LogP contribution < -0.4 is 5.56 Å². The van der Waals surface area contributed by atoms with Crippen molar-refractivity contribution in [3.63, 3.8) is 0 Å². The van der Waals surface area contributed by atoms with Crippen LogP contribution in [0.5, 0.6) is 0 Å². The number of rotatable bonds is 7. The van der Waals surface area contributed by atoms with Gasteiger partial charge in [-0.05, 0) is 56.2 Å². The molecule has 0 bridgehead atoms. The molecule has 0 radical (unpaired) electrons. The molecule has 1 amide bonds. The molecule has 0 spiro atoms. The van der Waals surface area contributed by atoms with E-state index in [0.29, 0.717) is 35.6 Å². The standard InChI is InChI=1S/C28H31N5O2/c1-20-7-9-21(10-8-20)11-12-22-15-17-32(18-16-22)26(34)14-13-25-30-27-24(28(35)31-25)19-29-33(27)23-5-3-2-4-6-23/h2-10,19,22H,11-18H2,1H3,(H,30,31,35). The lowest BCUT2D eigenvalue weighted by molar-refractivity contribution is -0.132. The molecule has 1 aliphatic heterocycles. The Morgan fingerprint density at radius 1 is 1.03 bits per heavy atom. The summed E-state index contributed by atoms with van der Waals surface area (Å²) in [6, 6.07) is 18.4. The quantitative estimate of drug-likeness (QED) is 0.439. The number of aromatic amines is 1. The number of hydrogen-bond acceptors (Lipinski definition) is 4. The first-order valence-electron chi connectivity index (χ1n) is 12.4. The van der Waals surface area contributed by atoms with E-state index >= 15 is 0 Å². The normalized spacial score (nSPS) is 14.5. The molecule has 0 saturated carbocycles. The Labute approximate surface area is 204 Å². The van der Waals surface area contributed by atoms with Crippen molar-refractivity contribution in [1.29, 1.82) is 0 Å². The fourth-order valence-electron chi connectivity index (χ4n) is 4.82. The molecule has 7 heteroatoms. The summed E-state index contributed by atoms with van der Waals surface area (Å²) >= 11 is 0. The topological polar surface area (TPSA) is 83.9 Å². The van der Waals surface area contributed by atoms with Crippen LogP contribution in [0.1, 0.15) is 42.6 Å². The van der Waals surface area contributed by atoms with Gasteiger partial charge in [0.15, 0.2) is 5.65 Å². The largest absolute Gasteiger partial charge is 0.343 e. The summed E-state index contributed by atoms with van der Waals surface area (Å²) in [5.41, 5.74) is 3.81. The van der Waals surface area contributed by atoms with Crippen LogP contribution in [0.2, 0.25) is 0 Å². The van der Waals surface area contributed by atoms with Gasteiger partial charge < -0.3 is 9.88 Å². The highest BCUT2D eigenvalue weighted by Crippen LogP contribution is 2.23. The first-order valence-corrected chi connectivity index (χ1v) is 12.4. The van der Waals surface area contributed by atoms with Crippen LogP contribution in [0.25, 0.3) is 16.7 Å². The first-order chi connectivity index (χ1) is 17.1. The molecule has 2 aromatic carbocycles. The molecule has 0 atom stereocenters. The maximum absolute atomic E-state index is 12.9. The molecule has 5 rings (SSSR count). The Kier molecular flexibility index (Phi) is 6.75. The summed E-state index contributed by atoms with van der Waals surface area (Å²) in [7, 11) is 0. The number of carbonyl (C=O) groups is 1. The van der Waals surface area contributed by atoms with Crippen molar-refractivity contribution >= 4 is 16.9 Å². The summed E-state index contributed by atoms with van der Waals surface area (Å²) in [6.45, 7) is 3.73. The molecule has 0 aliphatic carbocycles. The number of nitrogens with zero attached hydrogens (tertiary/aromatic N) is 4. The minimum absolute atomic E-state index is 0.126. The number of benzene rings is 2.